The van der Waals surface area contributed by atoms with Gasteiger partial charge in [0, 0.05) is 17.8 Å². The van der Waals surface area contributed by atoms with Crippen LogP contribution in [0.4, 0.5) is 5.82 Å². The van der Waals surface area contributed by atoms with E-state index in [9.17, 15) is 4.79 Å². The van der Waals surface area contributed by atoms with Crippen LogP contribution in [0.1, 0.15) is 20.8 Å². The smallest absolute Gasteiger partial charge is 0.184 e. The molecule has 0 aliphatic heterocycles. The minimum atomic E-state index is 0.0958. The Morgan fingerprint density at radius 3 is 2.62 bits per heavy atom. The van der Waals surface area contributed by atoms with Crippen LogP contribution in [-0.2, 0) is 4.79 Å². The molecule has 1 aliphatic rings. The van der Waals surface area contributed by atoms with Crippen LogP contribution in [0.2, 0.25) is 0 Å². The van der Waals surface area contributed by atoms with Gasteiger partial charge in [0.25, 0.3) is 0 Å². The Kier molecular flexibility index (Phi) is 2.56. The zero-order chi connectivity index (χ0) is 11.7. The van der Waals surface area contributed by atoms with E-state index < -0.39 is 0 Å². The minimum Gasteiger partial charge on any atom is -0.289 e. The molecular formula is C12H13N3O. The van der Waals surface area contributed by atoms with Gasteiger partial charge in [-0.25, -0.2) is 4.99 Å². The first-order valence-electron chi connectivity index (χ1n) is 5.09. The molecule has 2 rings (SSSR count). The van der Waals surface area contributed by atoms with Gasteiger partial charge in [0.1, 0.15) is 0 Å². The van der Waals surface area contributed by atoms with Crippen LogP contribution < -0.4 is 0 Å². The number of H-pyrrole nitrogens is 1. The summed E-state index contributed by atoms with van der Waals surface area (Å²) in [7, 11) is 0. The number of carbonyl (C=O) groups excluding carboxylic acids is 1. The van der Waals surface area contributed by atoms with Gasteiger partial charge in [-0.1, -0.05) is 0 Å². The van der Waals surface area contributed by atoms with Gasteiger partial charge in [-0.2, -0.15) is 5.10 Å². The maximum absolute atomic E-state index is 11.7. The van der Waals surface area contributed by atoms with Gasteiger partial charge in [-0.05, 0) is 38.0 Å². The molecule has 1 aromatic rings. The molecule has 0 aromatic carbocycles. The Balaban J connectivity index is 2.47. The summed E-state index contributed by atoms with van der Waals surface area (Å²) in [6, 6.07) is 1.79. The van der Waals surface area contributed by atoms with Crippen molar-refractivity contribution >= 4 is 17.3 Å². The highest BCUT2D eigenvalue weighted by atomic mass is 16.1. The summed E-state index contributed by atoms with van der Waals surface area (Å²) in [5.41, 5.74) is 3.20. The fourth-order valence-corrected chi connectivity index (χ4v) is 1.59. The number of hydrogen-bond donors (Lipinski definition) is 1. The van der Waals surface area contributed by atoms with Crippen LogP contribution >= 0.6 is 0 Å². The maximum atomic E-state index is 11.7. The Morgan fingerprint density at radius 2 is 2.00 bits per heavy atom. The molecule has 82 valence electrons. The van der Waals surface area contributed by atoms with Crippen molar-refractivity contribution < 1.29 is 4.79 Å². The van der Waals surface area contributed by atoms with Crippen molar-refractivity contribution in [1.29, 1.82) is 0 Å². The van der Waals surface area contributed by atoms with Crippen LogP contribution in [0.25, 0.3) is 0 Å². The number of rotatable bonds is 1. The van der Waals surface area contributed by atoms with E-state index in [2.05, 4.69) is 15.2 Å². The minimum absolute atomic E-state index is 0.0958. The van der Waals surface area contributed by atoms with Crippen LogP contribution in [0.15, 0.2) is 40.1 Å². The molecule has 16 heavy (non-hydrogen) atoms. The van der Waals surface area contributed by atoms with Crippen molar-refractivity contribution in [3.63, 3.8) is 0 Å². The third kappa shape index (κ3) is 1.74. The van der Waals surface area contributed by atoms with Crippen molar-refractivity contribution in [1.82, 2.24) is 10.2 Å². The van der Waals surface area contributed by atoms with Gasteiger partial charge in [0.15, 0.2) is 11.6 Å². The Hall–Kier alpha value is -1.97. The first-order valence-corrected chi connectivity index (χ1v) is 5.09. The van der Waals surface area contributed by atoms with Crippen molar-refractivity contribution in [2.45, 2.75) is 20.8 Å². The number of hydrogen-bond acceptors (Lipinski definition) is 3. The molecule has 0 radical (unpaired) electrons. The average molecular weight is 215 g/mol. The summed E-state index contributed by atoms with van der Waals surface area (Å²) in [5, 5.41) is 6.67. The molecule has 4 heteroatoms. The van der Waals surface area contributed by atoms with Crippen LogP contribution in [0.3, 0.4) is 0 Å². The van der Waals surface area contributed by atoms with E-state index in [4.69, 9.17) is 0 Å². The molecule has 0 saturated heterocycles. The van der Waals surface area contributed by atoms with Gasteiger partial charge in [-0.3, -0.25) is 9.89 Å². The zero-order valence-electron chi connectivity index (χ0n) is 9.53. The van der Waals surface area contributed by atoms with Crippen LogP contribution in [-0.4, -0.2) is 21.7 Å². The topological polar surface area (TPSA) is 58.1 Å². The van der Waals surface area contributed by atoms with Gasteiger partial charge in [0.05, 0.1) is 5.71 Å². The predicted molar refractivity (Wildman–Crippen MR) is 62.8 cm³/mol. The highest BCUT2D eigenvalue weighted by Gasteiger charge is 2.18. The standard InChI is InChI=1S/C12H13N3O/c1-7-6-10(8(2)9(3)12(7)16)14-11-4-5-13-15-11/h4-6H,1-3H3,(H,13,15)/b14-10-. The molecule has 0 fully saturated rings. The van der Waals surface area contributed by atoms with Gasteiger partial charge >= 0.3 is 0 Å². The summed E-state index contributed by atoms with van der Waals surface area (Å²) in [6.45, 7) is 5.54. The zero-order valence-corrected chi connectivity index (χ0v) is 9.53. The number of ketones is 1. The number of carbonyl (C=O) groups is 1. The molecule has 1 heterocycles. The average Bonchev–Trinajstić information content (AvgIpc) is 2.76. The van der Waals surface area contributed by atoms with Crippen LogP contribution in [0, 0.1) is 0 Å². The number of allylic oxidation sites excluding steroid dienone is 4. The first kappa shape index (κ1) is 10.5. The van der Waals surface area contributed by atoms with Crippen molar-refractivity contribution in [3.8, 4) is 0 Å². The van der Waals surface area contributed by atoms with Crippen molar-refractivity contribution in [2.75, 3.05) is 0 Å². The van der Waals surface area contributed by atoms with E-state index in [1.807, 2.05) is 13.8 Å². The molecule has 1 aromatic heterocycles. The summed E-state index contributed by atoms with van der Waals surface area (Å²) >= 11 is 0. The number of aromatic nitrogens is 2. The molecule has 4 nitrogen and oxygen atoms in total. The second-order valence-electron chi connectivity index (χ2n) is 3.84. The summed E-state index contributed by atoms with van der Waals surface area (Å²) in [4.78, 5) is 16.1. The predicted octanol–water partition coefficient (Wildman–Crippen LogP) is 2.35. The summed E-state index contributed by atoms with van der Waals surface area (Å²) in [6.07, 6.45) is 3.52. The van der Waals surface area contributed by atoms with Crippen molar-refractivity contribution in [3.05, 3.63) is 35.1 Å². The van der Waals surface area contributed by atoms with Gasteiger partial charge in [0.2, 0.25) is 0 Å². The van der Waals surface area contributed by atoms with E-state index in [1.54, 1.807) is 25.3 Å². The third-order valence-electron chi connectivity index (χ3n) is 2.72. The van der Waals surface area contributed by atoms with E-state index in [0.29, 0.717) is 5.82 Å². The maximum Gasteiger partial charge on any atom is 0.184 e. The lowest BCUT2D eigenvalue weighted by molar-refractivity contribution is -0.112. The fraction of sp³-hybridized carbons (Fsp3) is 0.250. The van der Waals surface area contributed by atoms with Crippen molar-refractivity contribution in [2.24, 2.45) is 4.99 Å². The Morgan fingerprint density at radius 1 is 1.25 bits per heavy atom. The lowest BCUT2D eigenvalue weighted by Gasteiger charge is -2.13. The van der Waals surface area contributed by atoms with Gasteiger partial charge < -0.3 is 0 Å². The molecule has 0 saturated carbocycles. The van der Waals surface area contributed by atoms with Crippen LogP contribution in [0.5, 0.6) is 0 Å². The first-order chi connectivity index (χ1) is 7.59. The molecule has 0 bridgehead atoms. The third-order valence-corrected chi connectivity index (χ3v) is 2.72. The van der Waals surface area contributed by atoms with E-state index >= 15 is 0 Å². The normalized spacial score (nSPS) is 19.3. The second-order valence-corrected chi connectivity index (χ2v) is 3.84. The molecule has 1 aliphatic carbocycles. The molecule has 1 N–H and O–H groups in total. The van der Waals surface area contributed by atoms with E-state index in [1.165, 1.54) is 0 Å². The Bertz CT molecular complexity index is 518. The number of nitrogens with zero attached hydrogens (tertiary/aromatic N) is 2. The Labute approximate surface area is 93.8 Å². The SMILES string of the molecule is CC1=C/C(=N/c2cc[nH]n2)C(C)=C(C)C1=O. The molecule has 0 spiro atoms. The molecule has 0 amide bonds. The summed E-state index contributed by atoms with van der Waals surface area (Å²) in [5.74, 6) is 0.721. The number of aromatic amines is 1. The highest BCUT2D eigenvalue weighted by molar-refractivity contribution is 6.24. The number of Topliss-reactive ketones (excluding diaryl/α,β-unsaturated/α-hetero) is 1. The number of nitrogens with one attached hydrogen (secondary N) is 1. The number of aliphatic imine (C=N–C) groups is 1. The van der Waals surface area contributed by atoms with E-state index in [-0.39, 0.29) is 5.78 Å². The lowest BCUT2D eigenvalue weighted by atomic mass is 9.92. The fourth-order valence-electron chi connectivity index (χ4n) is 1.59. The summed E-state index contributed by atoms with van der Waals surface area (Å²) < 4.78 is 0. The largest absolute Gasteiger partial charge is 0.289 e. The molecular weight excluding hydrogens is 202 g/mol. The highest BCUT2D eigenvalue weighted by Crippen LogP contribution is 2.21. The van der Waals surface area contributed by atoms with E-state index in [0.717, 1.165) is 22.4 Å². The quantitative estimate of drug-likeness (QED) is 0.731. The lowest BCUT2D eigenvalue weighted by Crippen LogP contribution is -2.14. The monoisotopic (exact) mass is 215 g/mol. The van der Waals surface area contributed by atoms with Gasteiger partial charge in [-0.15, -0.1) is 0 Å². The molecule has 0 unspecified atom stereocenters. The molecule has 0 atom stereocenters. The second kappa shape index (κ2) is 3.89.